The predicted molar refractivity (Wildman–Crippen MR) is 84.0 cm³/mol. The third-order valence-electron chi connectivity index (χ3n) is 3.22. The van der Waals surface area contributed by atoms with Crippen molar-refractivity contribution in [1.29, 1.82) is 0 Å². The largest absolute Gasteiger partial charge is 0.493 e. The summed E-state index contributed by atoms with van der Waals surface area (Å²) in [7, 11) is 4.78. The van der Waals surface area contributed by atoms with E-state index in [1.165, 1.54) is 0 Å². The lowest BCUT2D eigenvalue weighted by Crippen LogP contribution is -2.34. The van der Waals surface area contributed by atoms with Crippen LogP contribution in [0.25, 0.3) is 0 Å². The molecule has 1 unspecified atom stereocenters. The minimum Gasteiger partial charge on any atom is -0.493 e. The summed E-state index contributed by atoms with van der Waals surface area (Å²) in [4.78, 5) is 0. The lowest BCUT2D eigenvalue weighted by Gasteiger charge is -2.19. The van der Waals surface area contributed by atoms with Gasteiger partial charge in [-0.15, -0.1) is 0 Å². The molecule has 1 atom stereocenters. The summed E-state index contributed by atoms with van der Waals surface area (Å²) in [6, 6.07) is 3.98. The van der Waals surface area contributed by atoms with E-state index in [0.29, 0.717) is 35.6 Å². The van der Waals surface area contributed by atoms with Crippen LogP contribution >= 0.6 is 0 Å². The van der Waals surface area contributed by atoms with Crippen LogP contribution in [0.15, 0.2) is 12.1 Å². The fourth-order valence-corrected chi connectivity index (χ4v) is 2.22. The van der Waals surface area contributed by atoms with Gasteiger partial charge in [0.15, 0.2) is 11.5 Å². The monoisotopic (exact) mass is 297 g/mol. The van der Waals surface area contributed by atoms with Gasteiger partial charge in [-0.3, -0.25) is 0 Å². The fraction of sp³-hybridized carbons (Fsp3) is 0.625. The van der Waals surface area contributed by atoms with Gasteiger partial charge in [-0.05, 0) is 13.0 Å². The summed E-state index contributed by atoms with van der Waals surface area (Å²) in [5, 5.41) is 3.42. The number of likely N-dealkylation sites (N-methyl/N-ethyl adjacent to an activating group) is 1. The quantitative estimate of drug-likeness (QED) is 0.719. The molecule has 0 aliphatic carbocycles. The van der Waals surface area contributed by atoms with E-state index in [-0.39, 0.29) is 0 Å². The first-order valence-electron chi connectivity index (χ1n) is 7.36. The molecule has 1 aromatic rings. The maximum Gasteiger partial charge on any atom is 0.203 e. The fourth-order valence-electron chi connectivity index (χ4n) is 2.22. The summed E-state index contributed by atoms with van der Waals surface area (Å²) >= 11 is 0. The minimum atomic E-state index is 0.346. The summed E-state index contributed by atoms with van der Waals surface area (Å²) in [5.74, 6) is 2.48. The van der Waals surface area contributed by atoms with Crippen LogP contribution in [0.5, 0.6) is 23.0 Å². The molecule has 0 aliphatic heterocycles. The van der Waals surface area contributed by atoms with E-state index in [0.717, 1.165) is 19.4 Å². The number of ether oxygens (including phenoxy) is 4. The van der Waals surface area contributed by atoms with Crippen molar-refractivity contribution in [3.63, 3.8) is 0 Å². The van der Waals surface area contributed by atoms with Gasteiger partial charge in [0, 0.05) is 18.2 Å². The summed E-state index contributed by atoms with van der Waals surface area (Å²) in [5.41, 5.74) is 0. The Morgan fingerprint density at radius 3 is 2.05 bits per heavy atom. The standard InChI is InChI=1S/C16H27NO4/c1-6-8-12(17-7-2)11-21-13-9-14(18-3)16(20-5)15(10-13)19-4/h9-10,12,17H,6-8,11H2,1-5H3. The topological polar surface area (TPSA) is 49.0 Å². The van der Waals surface area contributed by atoms with E-state index >= 15 is 0 Å². The highest BCUT2D eigenvalue weighted by Crippen LogP contribution is 2.40. The molecule has 21 heavy (non-hydrogen) atoms. The Hall–Kier alpha value is -1.62. The van der Waals surface area contributed by atoms with E-state index in [1.807, 2.05) is 12.1 Å². The maximum atomic E-state index is 5.88. The molecule has 1 N–H and O–H groups in total. The van der Waals surface area contributed by atoms with Gasteiger partial charge in [0.05, 0.1) is 21.3 Å². The van der Waals surface area contributed by atoms with Gasteiger partial charge in [0.2, 0.25) is 5.75 Å². The molecule has 0 aliphatic rings. The van der Waals surface area contributed by atoms with Crippen molar-refractivity contribution in [2.75, 3.05) is 34.5 Å². The zero-order valence-corrected chi connectivity index (χ0v) is 13.7. The summed E-state index contributed by atoms with van der Waals surface area (Å²) < 4.78 is 21.8. The molecule has 0 saturated heterocycles. The van der Waals surface area contributed by atoms with Gasteiger partial charge in [0.1, 0.15) is 12.4 Å². The van der Waals surface area contributed by atoms with Crippen LogP contribution in [0.2, 0.25) is 0 Å². The Balaban J connectivity index is 2.83. The first kappa shape index (κ1) is 17.4. The van der Waals surface area contributed by atoms with Crippen LogP contribution in [-0.4, -0.2) is 40.5 Å². The average Bonchev–Trinajstić information content (AvgIpc) is 2.51. The van der Waals surface area contributed by atoms with Crippen LogP contribution in [0, 0.1) is 0 Å². The molecule has 0 heterocycles. The third-order valence-corrected chi connectivity index (χ3v) is 3.22. The molecular formula is C16H27NO4. The highest BCUT2D eigenvalue weighted by Gasteiger charge is 2.15. The van der Waals surface area contributed by atoms with Crippen molar-refractivity contribution in [2.45, 2.75) is 32.7 Å². The highest BCUT2D eigenvalue weighted by molar-refractivity contribution is 5.55. The normalized spacial score (nSPS) is 11.9. The van der Waals surface area contributed by atoms with Crippen molar-refractivity contribution in [1.82, 2.24) is 5.32 Å². The second-order valence-corrected chi connectivity index (χ2v) is 4.72. The van der Waals surface area contributed by atoms with Gasteiger partial charge >= 0.3 is 0 Å². The van der Waals surface area contributed by atoms with E-state index in [4.69, 9.17) is 18.9 Å². The molecule has 1 rings (SSSR count). The number of hydrogen-bond donors (Lipinski definition) is 1. The molecular weight excluding hydrogens is 270 g/mol. The smallest absolute Gasteiger partial charge is 0.203 e. The van der Waals surface area contributed by atoms with Crippen LogP contribution in [0.4, 0.5) is 0 Å². The summed E-state index contributed by atoms with van der Waals surface area (Å²) in [6.07, 6.45) is 2.20. The SMILES string of the molecule is CCCC(COc1cc(OC)c(OC)c(OC)c1)NCC. The van der Waals surface area contributed by atoms with Gasteiger partial charge < -0.3 is 24.3 Å². The molecule has 0 radical (unpaired) electrons. The molecule has 0 aromatic heterocycles. The zero-order valence-electron chi connectivity index (χ0n) is 13.7. The lowest BCUT2D eigenvalue weighted by atomic mass is 10.2. The van der Waals surface area contributed by atoms with Crippen molar-refractivity contribution in [2.24, 2.45) is 0 Å². The zero-order chi connectivity index (χ0) is 15.7. The molecule has 0 spiro atoms. The Bertz CT molecular complexity index is 392. The van der Waals surface area contributed by atoms with Crippen molar-refractivity contribution < 1.29 is 18.9 Å². The number of nitrogens with one attached hydrogen (secondary N) is 1. The second-order valence-electron chi connectivity index (χ2n) is 4.72. The molecule has 0 amide bonds. The molecule has 0 bridgehead atoms. The van der Waals surface area contributed by atoms with E-state index < -0.39 is 0 Å². The number of benzene rings is 1. The first-order chi connectivity index (χ1) is 10.2. The molecule has 0 saturated carbocycles. The average molecular weight is 297 g/mol. The third kappa shape index (κ3) is 5.01. The van der Waals surface area contributed by atoms with E-state index in [2.05, 4.69) is 19.2 Å². The second kappa shape index (κ2) is 9.34. The number of hydrogen-bond acceptors (Lipinski definition) is 5. The Morgan fingerprint density at radius 1 is 1.00 bits per heavy atom. The van der Waals surface area contributed by atoms with Crippen molar-refractivity contribution in [3.05, 3.63) is 12.1 Å². The van der Waals surface area contributed by atoms with Gasteiger partial charge in [-0.25, -0.2) is 0 Å². The molecule has 5 nitrogen and oxygen atoms in total. The van der Waals surface area contributed by atoms with Crippen LogP contribution in [0.3, 0.4) is 0 Å². The Morgan fingerprint density at radius 2 is 1.62 bits per heavy atom. The summed E-state index contributed by atoms with van der Waals surface area (Å²) in [6.45, 7) is 5.81. The maximum absolute atomic E-state index is 5.88. The van der Waals surface area contributed by atoms with Crippen molar-refractivity contribution >= 4 is 0 Å². The van der Waals surface area contributed by atoms with Gasteiger partial charge in [-0.2, -0.15) is 0 Å². The Kier molecular flexibility index (Phi) is 7.75. The molecule has 120 valence electrons. The Labute approximate surface area is 127 Å². The lowest BCUT2D eigenvalue weighted by molar-refractivity contribution is 0.253. The molecule has 0 fully saturated rings. The number of methoxy groups -OCH3 is 3. The van der Waals surface area contributed by atoms with E-state index in [9.17, 15) is 0 Å². The van der Waals surface area contributed by atoms with Gasteiger partial charge in [0.25, 0.3) is 0 Å². The van der Waals surface area contributed by atoms with E-state index in [1.54, 1.807) is 21.3 Å². The highest BCUT2D eigenvalue weighted by atomic mass is 16.5. The van der Waals surface area contributed by atoms with Crippen LogP contribution in [-0.2, 0) is 0 Å². The van der Waals surface area contributed by atoms with Crippen LogP contribution < -0.4 is 24.3 Å². The van der Waals surface area contributed by atoms with Crippen LogP contribution in [0.1, 0.15) is 26.7 Å². The minimum absolute atomic E-state index is 0.346. The van der Waals surface area contributed by atoms with Crippen molar-refractivity contribution in [3.8, 4) is 23.0 Å². The molecule has 5 heteroatoms. The van der Waals surface area contributed by atoms with Gasteiger partial charge in [-0.1, -0.05) is 20.3 Å². The number of rotatable bonds is 10. The first-order valence-corrected chi connectivity index (χ1v) is 7.36. The predicted octanol–water partition coefficient (Wildman–Crippen LogP) is 2.87. The molecule has 1 aromatic carbocycles.